The van der Waals surface area contributed by atoms with Crippen LogP contribution >= 0.6 is 15.6 Å². The van der Waals surface area contributed by atoms with Crippen molar-refractivity contribution in [2.75, 3.05) is 26.4 Å². The van der Waals surface area contributed by atoms with Gasteiger partial charge in [-0.1, -0.05) is 132 Å². The smallest absolute Gasteiger partial charge is 0.756 e. The van der Waals surface area contributed by atoms with Gasteiger partial charge in [0.15, 0.2) is 0 Å². The van der Waals surface area contributed by atoms with Gasteiger partial charge in [0.2, 0.25) is 0 Å². The van der Waals surface area contributed by atoms with Crippen LogP contribution < -0.4 is 9.79 Å². The molecule has 0 radical (unpaired) electrons. The van der Waals surface area contributed by atoms with Crippen LogP contribution in [0.2, 0.25) is 0 Å². The maximum atomic E-state index is 11.8. The van der Waals surface area contributed by atoms with Crippen LogP contribution in [0.1, 0.15) is 158 Å². The fourth-order valence-corrected chi connectivity index (χ4v) is 6.18. The maximum absolute atomic E-state index is 11.8. The molecule has 0 spiro atoms. The molecule has 0 bridgehead atoms. The molecule has 43 heavy (non-hydrogen) atoms. The van der Waals surface area contributed by atoms with Gasteiger partial charge in [0.05, 0.1) is 26.4 Å². The molecule has 0 aromatic heterocycles. The fraction of sp³-hybridized carbons (Fsp3) is 1.00. The maximum Gasteiger partial charge on any atom is 2.00 e. The van der Waals surface area contributed by atoms with Gasteiger partial charge in [0, 0.05) is 0 Å². The molecule has 0 aliphatic rings. The molecule has 0 saturated heterocycles. The summed E-state index contributed by atoms with van der Waals surface area (Å²) in [5.41, 5.74) is 0. The number of hydrogen-bond donors (Lipinski definition) is 0. The second-order valence-electron chi connectivity index (χ2n) is 11.7. The van der Waals surface area contributed by atoms with E-state index in [9.17, 15) is 18.9 Å². The molecule has 0 rings (SSSR count). The number of hydrogen-bond acceptors (Lipinski definition) is 8. The molecule has 0 saturated carbocycles. The van der Waals surface area contributed by atoms with Gasteiger partial charge in [-0.25, -0.2) is 0 Å². The zero-order valence-electron chi connectivity index (χ0n) is 29.3. The predicted octanol–water partition coefficient (Wildman–Crippen LogP) is 9.46. The van der Waals surface area contributed by atoms with E-state index in [0.717, 1.165) is 103 Å². The van der Waals surface area contributed by atoms with E-state index in [1.165, 1.54) is 0 Å². The van der Waals surface area contributed by atoms with Crippen LogP contribution in [0.25, 0.3) is 0 Å². The molecule has 4 unspecified atom stereocenters. The third-order valence-electron chi connectivity index (χ3n) is 8.05. The van der Waals surface area contributed by atoms with Crippen LogP contribution in [0.15, 0.2) is 0 Å². The fourth-order valence-electron chi connectivity index (χ4n) is 4.45. The molecular weight excluding hydrogens is 662 g/mol. The van der Waals surface area contributed by atoms with Crippen molar-refractivity contribution >= 4 is 61.1 Å². The molecule has 0 aromatic carbocycles. The summed E-state index contributed by atoms with van der Waals surface area (Å²) in [6, 6.07) is 0. The number of rotatable bonds is 28. The minimum Gasteiger partial charge on any atom is -0.756 e. The third-order valence-corrected chi connectivity index (χ3v) is 9.91. The Kier molecular flexibility index (Phi) is 36.8. The molecular formula is C32H68O8P2Sr. The Hall–Kier alpha value is 1.70. The van der Waals surface area contributed by atoms with Gasteiger partial charge in [-0.05, 0) is 49.4 Å². The second kappa shape index (κ2) is 32.3. The summed E-state index contributed by atoms with van der Waals surface area (Å²) < 4.78 is 43.8. The largest absolute Gasteiger partial charge is 2.00 e. The first-order chi connectivity index (χ1) is 20.0. The molecule has 0 N–H and O–H groups in total. The van der Waals surface area contributed by atoms with Crippen LogP contribution in [0, 0.1) is 23.7 Å². The normalized spacial score (nSPS) is 17.0. The first kappa shape index (κ1) is 49.1. The Morgan fingerprint density at radius 3 is 0.767 bits per heavy atom. The molecule has 4 atom stereocenters. The topological polar surface area (TPSA) is 117 Å². The zero-order chi connectivity index (χ0) is 32.3. The van der Waals surface area contributed by atoms with Crippen LogP contribution in [0.4, 0.5) is 0 Å². The van der Waals surface area contributed by atoms with Crippen molar-refractivity contribution in [3.63, 3.8) is 0 Å². The minimum atomic E-state index is -4.14. The Bertz CT molecular complexity index is 582. The molecule has 0 amide bonds. The Morgan fingerprint density at radius 1 is 0.442 bits per heavy atom. The predicted molar refractivity (Wildman–Crippen MR) is 178 cm³/mol. The summed E-state index contributed by atoms with van der Waals surface area (Å²) in [5.74, 6) is 1.21. The Labute approximate surface area is 304 Å². The summed E-state index contributed by atoms with van der Waals surface area (Å²) in [4.78, 5) is 23.6. The molecule has 0 aliphatic heterocycles. The van der Waals surface area contributed by atoms with Gasteiger partial charge in [-0.3, -0.25) is 9.13 Å². The molecule has 11 heteroatoms. The number of phosphoric acid groups is 2. The van der Waals surface area contributed by atoms with Gasteiger partial charge in [-0.2, -0.15) is 0 Å². The van der Waals surface area contributed by atoms with E-state index in [0.29, 0.717) is 23.7 Å². The van der Waals surface area contributed by atoms with Gasteiger partial charge in [0.25, 0.3) is 15.6 Å². The summed E-state index contributed by atoms with van der Waals surface area (Å²) in [6.07, 6.45) is 16.8. The standard InChI is InChI=1S/2C16H35O4P.Sr/c2*1-5-9-11-15(7-3)13-19-21(17,18)20-14-16(8-4)12-10-6-2;/h2*15-16H,5-14H2,1-4H3,(H,17,18);/q;;+2/p-2. The summed E-state index contributed by atoms with van der Waals surface area (Å²) >= 11 is 0. The minimum absolute atomic E-state index is 0. The van der Waals surface area contributed by atoms with Crippen LogP contribution in [-0.4, -0.2) is 71.9 Å². The molecule has 0 fully saturated rings. The van der Waals surface area contributed by atoms with E-state index in [1.807, 2.05) is 0 Å². The van der Waals surface area contributed by atoms with Crippen molar-refractivity contribution in [2.24, 2.45) is 23.7 Å². The van der Waals surface area contributed by atoms with Crippen molar-refractivity contribution in [2.45, 2.75) is 158 Å². The van der Waals surface area contributed by atoms with E-state index < -0.39 is 15.6 Å². The van der Waals surface area contributed by atoms with Crippen molar-refractivity contribution in [3.05, 3.63) is 0 Å². The van der Waals surface area contributed by atoms with Crippen LogP contribution in [0.3, 0.4) is 0 Å². The SMILES string of the molecule is CCCCC(CC)COP(=O)([O-])OCC(CC)CCCC.CCCCC(CC)COP(=O)([O-])OCC(CC)CCCC.[Sr+2]. The molecule has 0 aliphatic carbocycles. The summed E-state index contributed by atoms with van der Waals surface area (Å²) in [5, 5.41) is 0. The number of unbranched alkanes of at least 4 members (excludes halogenated alkanes) is 4. The number of phosphoric ester groups is 2. The average molecular weight is 730 g/mol. The van der Waals surface area contributed by atoms with E-state index in [-0.39, 0.29) is 71.9 Å². The Morgan fingerprint density at radius 2 is 0.628 bits per heavy atom. The summed E-state index contributed by atoms with van der Waals surface area (Å²) in [7, 11) is -8.28. The van der Waals surface area contributed by atoms with Crippen molar-refractivity contribution in [1.82, 2.24) is 0 Å². The van der Waals surface area contributed by atoms with Crippen molar-refractivity contribution in [1.29, 1.82) is 0 Å². The second-order valence-corrected chi connectivity index (χ2v) is 14.6. The van der Waals surface area contributed by atoms with Gasteiger partial charge >= 0.3 is 45.5 Å². The van der Waals surface area contributed by atoms with Crippen LogP contribution in [-0.2, 0) is 27.2 Å². The van der Waals surface area contributed by atoms with E-state index in [2.05, 4.69) is 55.4 Å². The first-order valence-electron chi connectivity index (χ1n) is 17.2. The zero-order valence-corrected chi connectivity index (χ0v) is 34.6. The molecule has 256 valence electrons. The van der Waals surface area contributed by atoms with Crippen LogP contribution in [0.5, 0.6) is 0 Å². The molecule has 0 aromatic rings. The molecule has 0 heterocycles. The third kappa shape index (κ3) is 30.8. The van der Waals surface area contributed by atoms with Gasteiger partial charge in [0.1, 0.15) is 0 Å². The average Bonchev–Trinajstić information content (AvgIpc) is 2.98. The van der Waals surface area contributed by atoms with Gasteiger partial charge < -0.3 is 27.9 Å². The van der Waals surface area contributed by atoms with Crippen molar-refractivity contribution < 1.29 is 37.0 Å². The first-order valence-corrected chi connectivity index (χ1v) is 20.1. The van der Waals surface area contributed by atoms with Gasteiger partial charge in [-0.15, -0.1) is 0 Å². The molecule has 8 nitrogen and oxygen atoms in total. The van der Waals surface area contributed by atoms with E-state index in [4.69, 9.17) is 18.1 Å². The van der Waals surface area contributed by atoms with E-state index >= 15 is 0 Å². The van der Waals surface area contributed by atoms with E-state index in [1.54, 1.807) is 0 Å². The Balaban J connectivity index is -0.000000727. The summed E-state index contributed by atoms with van der Waals surface area (Å²) in [6.45, 7) is 17.8. The van der Waals surface area contributed by atoms with Crippen molar-refractivity contribution in [3.8, 4) is 0 Å². The monoisotopic (exact) mass is 730 g/mol. The quantitative estimate of drug-likeness (QED) is 0.0578.